The lowest BCUT2D eigenvalue weighted by Gasteiger charge is -2.37. The number of ether oxygens (including phenoxy) is 1. The fourth-order valence-electron chi connectivity index (χ4n) is 2.93. The van der Waals surface area contributed by atoms with Crippen molar-refractivity contribution in [2.24, 2.45) is 5.92 Å². The van der Waals surface area contributed by atoms with Crippen LogP contribution in [0.15, 0.2) is 0 Å². The molecule has 1 aliphatic heterocycles. The number of likely N-dealkylation sites (N-methyl/N-ethyl adjacent to an activating group) is 1. The molecule has 0 radical (unpaired) electrons. The third-order valence-electron chi connectivity index (χ3n) is 4.35. The van der Waals surface area contributed by atoms with Gasteiger partial charge in [0.05, 0.1) is 6.10 Å². The second-order valence-electron chi connectivity index (χ2n) is 6.09. The van der Waals surface area contributed by atoms with Crippen LogP contribution in [0.4, 0.5) is 0 Å². The van der Waals surface area contributed by atoms with Gasteiger partial charge in [0.2, 0.25) is 0 Å². The van der Waals surface area contributed by atoms with Crippen LogP contribution < -0.4 is 5.32 Å². The molecule has 3 atom stereocenters. The molecule has 0 spiro atoms. The Morgan fingerprint density at radius 2 is 2.00 bits per heavy atom. The van der Waals surface area contributed by atoms with Crippen LogP contribution >= 0.6 is 0 Å². The molecule has 2 fully saturated rings. The Labute approximate surface area is 106 Å². The third-order valence-corrected chi connectivity index (χ3v) is 4.35. The van der Waals surface area contributed by atoms with Gasteiger partial charge in [0.1, 0.15) is 0 Å². The summed E-state index contributed by atoms with van der Waals surface area (Å²) < 4.78 is 5.69. The predicted molar refractivity (Wildman–Crippen MR) is 71.2 cm³/mol. The Hall–Kier alpha value is -0.120. The summed E-state index contributed by atoms with van der Waals surface area (Å²) in [7, 11) is 2.27. The molecule has 0 aromatic rings. The zero-order chi connectivity index (χ0) is 12.4. The van der Waals surface area contributed by atoms with Crippen molar-refractivity contribution in [3.8, 4) is 0 Å². The van der Waals surface area contributed by atoms with Gasteiger partial charge in [0.15, 0.2) is 0 Å². The minimum atomic E-state index is 0.391. The van der Waals surface area contributed by atoms with E-state index in [9.17, 15) is 0 Å². The normalized spacial score (nSPS) is 31.4. The molecule has 2 aliphatic rings. The van der Waals surface area contributed by atoms with Crippen molar-refractivity contribution in [2.75, 3.05) is 20.2 Å². The van der Waals surface area contributed by atoms with Gasteiger partial charge in [-0.1, -0.05) is 13.8 Å². The maximum atomic E-state index is 5.69. The molecule has 100 valence electrons. The van der Waals surface area contributed by atoms with Gasteiger partial charge in [-0.05, 0) is 39.2 Å². The molecule has 0 aromatic carbocycles. The van der Waals surface area contributed by atoms with Crippen LogP contribution in [0.2, 0.25) is 0 Å². The molecule has 1 aliphatic carbocycles. The van der Waals surface area contributed by atoms with E-state index in [0.29, 0.717) is 24.1 Å². The van der Waals surface area contributed by atoms with Crippen molar-refractivity contribution in [3.05, 3.63) is 0 Å². The van der Waals surface area contributed by atoms with Crippen LogP contribution in [-0.2, 0) is 4.74 Å². The van der Waals surface area contributed by atoms with Crippen molar-refractivity contribution < 1.29 is 4.74 Å². The summed E-state index contributed by atoms with van der Waals surface area (Å²) in [6.07, 6.45) is 4.32. The van der Waals surface area contributed by atoms with Crippen molar-refractivity contribution in [1.82, 2.24) is 10.2 Å². The lowest BCUT2D eigenvalue weighted by Crippen LogP contribution is -2.50. The van der Waals surface area contributed by atoms with E-state index in [0.717, 1.165) is 19.2 Å². The van der Waals surface area contributed by atoms with Gasteiger partial charge < -0.3 is 10.1 Å². The first-order chi connectivity index (χ1) is 8.09. The van der Waals surface area contributed by atoms with Crippen LogP contribution in [-0.4, -0.2) is 49.3 Å². The second kappa shape index (κ2) is 5.68. The first-order valence-electron chi connectivity index (χ1n) is 7.16. The molecular formula is C14H28N2O. The summed E-state index contributed by atoms with van der Waals surface area (Å²) in [5.41, 5.74) is 0. The smallest absolute Gasteiger partial charge is 0.0703 e. The molecule has 1 saturated heterocycles. The van der Waals surface area contributed by atoms with E-state index in [1.807, 2.05) is 0 Å². The maximum Gasteiger partial charge on any atom is 0.0703 e. The van der Waals surface area contributed by atoms with E-state index in [4.69, 9.17) is 4.74 Å². The number of hydrogen-bond donors (Lipinski definition) is 1. The first-order valence-corrected chi connectivity index (χ1v) is 7.16. The van der Waals surface area contributed by atoms with Crippen LogP contribution in [0.3, 0.4) is 0 Å². The lowest BCUT2D eigenvalue weighted by atomic mass is 9.99. The fraction of sp³-hybridized carbons (Fsp3) is 1.00. The molecule has 17 heavy (non-hydrogen) atoms. The average molecular weight is 240 g/mol. The van der Waals surface area contributed by atoms with Crippen molar-refractivity contribution in [2.45, 2.75) is 64.3 Å². The van der Waals surface area contributed by atoms with Crippen LogP contribution in [0, 0.1) is 5.92 Å². The lowest BCUT2D eigenvalue weighted by molar-refractivity contribution is 0.0564. The molecule has 1 saturated carbocycles. The molecule has 0 aromatic heterocycles. The molecule has 3 nitrogen and oxygen atoms in total. The Balaban J connectivity index is 1.88. The van der Waals surface area contributed by atoms with Gasteiger partial charge in [-0.25, -0.2) is 0 Å². The molecular weight excluding hydrogens is 212 g/mol. The molecule has 1 heterocycles. The summed E-state index contributed by atoms with van der Waals surface area (Å²) in [6.45, 7) is 8.92. The maximum absolute atomic E-state index is 5.69. The predicted octanol–water partition coefficient (Wildman–Crippen LogP) is 1.87. The summed E-state index contributed by atoms with van der Waals surface area (Å²) in [4.78, 5) is 2.55. The summed E-state index contributed by atoms with van der Waals surface area (Å²) >= 11 is 0. The van der Waals surface area contributed by atoms with Crippen molar-refractivity contribution >= 4 is 0 Å². The highest BCUT2D eigenvalue weighted by Gasteiger charge is 2.33. The Kier molecular flexibility index (Phi) is 4.45. The van der Waals surface area contributed by atoms with E-state index in [-0.39, 0.29) is 0 Å². The zero-order valence-corrected chi connectivity index (χ0v) is 11.8. The van der Waals surface area contributed by atoms with Gasteiger partial charge >= 0.3 is 0 Å². The van der Waals surface area contributed by atoms with Crippen molar-refractivity contribution in [1.29, 1.82) is 0 Å². The largest absolute Gasteiger partial charge is 0.377 e. The topological polar surface area (TPSA) is 24.5 Å². The molecule has 3 unspecified atom stereocenters. The van der Waals surface area contributed by atoms with Crippen LogP contribution in [0.1, 0.15) is 40.0 Å². The van der Waals surface area contributed by atoms with Crippen LogP contribution in [0.25, 0.3) is 0 Å². The van der Waals surface area contributed by atoms with Gasteiger partial charge in [-0.15, -0.1) is 0 Å². The van der Waals surface area contributed by atoms with E-state index in [1.165, 1.54) is 19.3 Å². The number of nitrogens with zero attached hydrogens (tertiary/aromatic N) is 1. The Morgan fingerprint density at radius 3 is 2.47 bits per heavy atom. The molecule has 2 rings (SSSR count). The highest BCUT2D eigenvalue weighted by molar-refractivity contribution is 4.89. The zero-order valence-electron chi connectivity index (χ0n) is 11.8. The molecule has 0 bridgehead atoms. The van der Waals surface area contributed by atoms with E-state index < -0.39 is 0 Å². The monoisotopic (exact) mass is 240 g/mol. The quantitative estimate of drug-likeness (QED) is 0.767. The molecule has 1 N–H and O–H groups in total. The van der Waals surface area contributed by atoms with Gasteiger partial charge in [-0.2, -0.15) is 0 Å². The fourth-order valence-corrected chi connectivity index (χ4v) is 2.93. The van der Waals surface area contributed by atoms with E-state index in [2.05, 4.69) is 38.0 Å². The average Bonchev–Trinajstić information content (AvgIpc) is 2.99. The standard InChI is InChI=1S/C14H28N2O/c1-10(2)14(9-15-12-5-6-12)16(4)13-7-8-17-11(13)3/h10-15H,5-9H2,1-4H3. The van der Waals surface area contributed by atoms with Crippen LogP contribution in [0.5, 0.6) is 0 Å². The van der Waals surface area contributed by atoms with Crippen molar-refractivity contribution in [3.63, 3.8) is 0 Å². The summed E-state index contributed by atoms with van der Waals surface area (Å²) in [5, 5.41) is 3.67. The second-order valence-corrected chi connectivity index (χ2v) is 6.09. The van der Waals surface area contributed by atoms with E-state index in [1.54, 1.807) is 0 Å². The van der Waals surface area contributed by atoms with Gasteiger partial charge in [0, 0.05) is 31.3 Å². The number of rotatable bonds is 6. The third kappa shape index (κ3) is 3.43. The Bertz CT molecular complexity index is 240. The SMILES string of the molecule is CC(C)C(CNC1CC1)N(C)C1CCOC1C. The van der Waals surface area contributed by atoms with Gasteiger partial charge in [0.25, 0.3) is 0 Å². The molecule has 0 amide bonds. The highest BCUT2D eigenvalue weighted by atomic mass is 16.5. The minimum Gasteiger partial charge on any atom is -0.377 e. The van der Waals surface area contributed by atoms with E-state index >= 15 is 0 Å². The summed E-state index contributed by atoms with van der Waals surface area (Å²) in [6, 6.07) is 2.04. The number of nitrogens with one attached hydrogen (secondary N) is 1. The summed E-state index contributed by atoms with van der Waals surface area (Å²) in [5.74, 6) is 0.694. The molecule has 3 heteroatoms. The first kappa shape index (κ1) is 13.3. The number of hydrogen-bond acceptors (Lipinski definition) is 3. The highest BCUT2D eigenvalue weighted by Crippen LogP contribution is 2.24. The Morgan fingerprint density at radius 1 is 1.29 bits per heavy atom. The minimum absolute atomic E-state index is 0.391. The van der Waals surface area contributed by atoms with Gasteiger partial charge in [-0.3, -0.25) is 4.90 Å².